The molecule has 0 bridgehead atoms. The number of H-pyrrole nitrogens is 1. The van der Waals surface area contributed by atoms with Crippen LogP contribution in [0.1, 0.15) is 43.4 Å². The third-order valence-corrected chi connectivity index (χ3v) is 3.40. The lowest BCUT2D eigenvalue weighted by molar-refractivity contribution is -0.143. The minimum atomic E-state index is -0.0126. The number of hydrogen-bond donors (Lipinski definition) is 1. The lowest BCUT2D eigenvalue weighted by atomic mass is 10.1. The van der Waals surface area contributed by atoms with Gasteiger partial charge in [-0.15, -0.1) is 0 Å². The van der Waals surface area contributed by atoms with Crippen molar-refractivity contribution in [2.75, 3.05) is 6.54 Å². The maximum atomic E-state index is 11.8. The average molecular weight is 249 g/mol. The highest BCUT2D eigenvalue weighted by Crippen LogP contribution is 2.14. The highest BCUT2D eigenvalue weighted by molar-refractivity contribution is 5.95. The van der Waals surface area contributed by atoms with Crippen molar-refractivity contribution in [1.82, 2.24) is 15.1 Å². The molecule has 1 aromatic rings. The molecule has 0 atom stereocenters. The Balaban J connectivity index is 1.86. The number of carbonyl (C=O) groups excluding carboxylic acids is 2. The minimum Gasteiger partial charge on any atom is -0.283 e. The van der Waals surface area contributed by atoms with Crippen LogP contribution < -0.4 is 0 Å². The fourth-order valence-electron chi connectivity index (χ4n) is 2.27. The third-order valence-electron chi connectivity index (χ3n) is 3.40. The van der Waals surface area contributed by atoms with E-state index in [9.17, 15) is 9.59 Å². The maximum absolute atomic E-state index is 11.8. The Morgan fingerprint density at radius 1 is 1.28 bits per heavy atom. The second-order valence-corrected chi connectivity index (χ2v) is 4.77. The number of aryl methyl sites for hydroxylation is 2. The van der Waals surface area contributed by atoms with Crippen LogP contribution in [0.25, 0.3) is 0 Å². The Morgan fingerprint density at radius 2 is 1.94 bits per heavy atom. The van der Waals surface area contributed by atoms with E-state index < -0.39 is 0 Å². The smallest absolute Gasteiger partial charge is 0.229 e. The summed E-state index contributed by atoms with van der Waals surface area (Å²) in [4.78, 5) is 25.0. The fourth-order valence-corrected chi connectivity index (χ4v) is 2.27. The number of carbonyl (C=O) groups is 2. The molecular weight excluding hydrogens is 230 g/mol. The van der Waals surface area contributed by atoms with Gasteiger partial charge in [-0.2, -0.15) is 5.10 Å². The van der Waals surface area contributed by atoms with Crippen molar-refractivity contribution in [2.45, 2.75) is 45.4 Å². The summed E-state index contributed by atoms with van der Waals surface area (Å²) in [6.07, 6.45) is 6.15. The van der Waals surface area contributed by atoms with E-state index in [1.807, 2.05) is 6.92 Å². The first-order valence-corrected chi connectivity index (χ1v) is 6.50. The minimum absolute atomic E-state index is 0.0126. The second kappa shape index (κ2) is 5.80. The Kier molecular flexibility index (Phi) is 4.12. The first kappa shape index (κ1) is 12.8. The molecule has 2 heterocycles. The summed E-state index contributed by atoms with van der Waals surface area (Å²) in [6, 6.07) is 0. The number of nitrogens with zero attached hydrogens (tertiary/aromatic N) is 2. The van der Waals surface area contributed by atoms with Gasteiger partial charge < -0.3 is 0 Å². The van der Waals surface area contributed by atoms with Crippen LogP contribution >= 0.6 is 0 Å². The van der Waals surface area contributed by atoms with Gasteiger partial charge in [0.2, 0.25) is 11.8 Å². The quantitative estimate of drug-likeness (QED) is 0.824. The molecule has 0 radical (unpaired) electrons. The molecule has 5 nitrogen and oxygen atoms in total. The molecule has 5 heteroatoms. The zero-order valence-electron chi connectivity index (χ0n) is 10.7. The number of hydrogen-bond acceptors (Lipinski definition) is 3. The monoisotopic (exact) mass is 249 g/mol. The highest BCUT2D eigenvalue weighted by atomic mass is 16.2. The van der Waals surface area contributed by atoms with Crippen LogP contribution in [-0.4, -0.2) is 33.5 Å². The lowest BCUT2D eigenvalue weighted by Crippen LogP contribution is -2.36. The zero-order chi connectivity index (χ0) is 13.0. The van der Waals surface area contributed by atoms with Crippen molar-refractivity contribution in [3.8, 4) is 0 Å². The summed E-state index contributed by atoms with van der Waals surface area (Å²) >= 11 is 0. The Hall–Kier alpha value is -1.65. The number of imide groups is 1. The second-order valence-electron chi connectivity index (χ2n) is 4.77. The molecule has 1 saturated heterocycles. The van der Waals surface area contributed by atoms with Gasteiger partial charge in [-0.05, 0) is 38.2 Å². The van der Waals surface area contributed by atoms with Gasteiger partial charge in [-0.1, -0.05) is 0 Å². The first-order valence-electron chi connectivity index (χ1n) is 6.50. The standard InChI is InChI=1S/C13H19N3O2/c1-10-11(9-14-15-10)5-4-8-16-12(17)6-2-3-7-13(16)18/h9H,2-8H2,1H3,(H,14,15). The van der Waals surface area contributed by atoms with E-state index >= 15 is 0 Å². The lowest BCUT2D eigenvalue weighted by Gasteiger charge is -2.18. The van der Waals surface area contributed by atoms with Crippen molar-refractivity contribution in [1.29, 1.82) is 0 Å². The SMILES string of the molecule is Cc1[nH]ncc1CCCN1C(=O)CCCCC1=O. The van der Waals surface area contributed by atoms with Gasteiger partial charge in [0.1, 0.15) is 0 Å². The van der Waals surface area contributed by atoms with Crippen LogP contribution in [0.4, 0.5) is 0 Å². The average Bonchev–Trinajstić information content (AvgIpc) is 2.68. The molecule has 1 aromatic heterocycles. The van der Waals surface area contributed by atoms with Crippen LogP contribution in [0.3, 0.4) is 0 Å². The van der Waals surface area contributed by atoms with Crippen molar-refractivity contribution in [3.05, 3.63) is 17.5 Å². The fraction of sp³-hybridized carbons (Fsp3) is 0.615. The Bertz CT molecular complexity index is 421. The zero-order valence-corrected chi connectivity index (χ0v) is 10.7. The summed E-state index contributed by atoms with van der Waals surface area (Å²) < 4.78 is 0. The number of nitrogens with one attached hydrogen (secondary N) is 1. The van der Waals surface area contributed by atoms with Gasteiger partial charge in [-0.3, -0.25) is 19.6 Å². The van der Waals surface area contributed by atoms with Gasteiger partial charge in [0, 0.05) is 25.1 Å². The molecule has 0 unspecified atom stereocenters. The molecule has 98 valence electrons. The van der Waals surface area contributed by atoms with Crippen molar-refractivity contribution in [2.24, 2.45) is 0 Å². The molecule has 0 saturated carbocycles. The molecule has 2 amide bonds. The Labute approximate surface area is 107 Å². The van der Waals surface area contributed by atoms with E-state index in [0.717, 1.165) is 36.9 Å². The molecule has 0 aromatic carbocycles. The topological polar surface area (TPSA) is 66.1 Å². The number of aromatic nitrogens is 2. The van der Waals surface area contributed by atoms with Gasteiger partial charge >= 0.3 is 0 Å². The largest absolute Gasteiger partial charge is 0.283 e. The normalized spacial score (nSPS) is 17.1. The van der Waals surface area contributed by atoms with E-state index in [0.29, 0.717) is 19.4 Å². The van der Waals surface area contributed by atoms with Crippen LogP contribution in [-0.2, 0) is 16.0 Å². The molecule has 1 aliphatic heterocycles. The summed E-state index contributed by atoms with van der Waals surface area (Å²) in [7, 11) is 0. The van der Waals surface area contributed by atoms with E-state index in [1.54, 1.807) is 6.20 Å². The first-order chi connectivity index (χ1) is 8.68. The molecular formula is C13H19N3O2. The van der Waals surface area contributed by atoms with E-state index in [1.165, 1.54) is 4.90 Å². The predicted molar refractivity (Wildman–Crippen MR) is 66.8 cm³/mol. The Morgan fingerprint density at radius 3 is 2.50 bits per heavy atom. The third kappa shape index (κ3) is 2.97. The maximum Gasteiger partial charge on any atom is 0.229 e. The van der Waals surface area contributed by atoms with Gasteiger partial charge in [0.25, 0.3) is 0 Å². The van der Waals surface area contributed by atoms with Crippen LogP contribution in [0.5, 0.6) is 0 Å². The summed E-state index contributed by atoms with van der Waals surface area (Å²) in [5.74, 6) is -0.0252. The summed E-state index contributed by atoms with van der Waals surface area (Å²) in [5, 5.41) is 6.85. The van der Waals surface area contributed by atoms with E-state index in [-0.39, 0.29) is 11.8 Å². The molecule has 0 spiro atoms. The summed E-state index contributed by atoms with van der Waals surface area (Å²) in [6.45, 7) is 2.51. The van der Waals surface area contributed by atoms with Gasteiger partial charge in [-0.25, -0.2) is 0 Å². The molecule has 18 heavy (non-hydrogen) atoms. The molecule has 1 N–H and O–H groups in total. The van der Waals surface area contributed by atoms with Crippen LogP contribution in [0.2, 0.25) is 0 Å². The van der Waals surface area contributed by atoms with Crippen molar-refractivity contribution in [3.63, 3.8) is 0 Å². The predicted octanol–water partition coefficient (Wildman–Crippen LogP) is 1.58. The molecule has 1 fully saturated rings. The number of rotatable bonds is 4. The molecule has 1 aliphatic rings. The van der Waals surface area contributed by atoms with Crippen molar-refractivity contribution >= 4 is 11.8 Å². The molecule has 0 aliphatic carbocycles. The van der Waals surface area contributed by atoms with Crippen LogP contribution in [0, 0.1) is 6.92 Å². The summed E-state index contributed by atoms with van der Waals surface area (Å²) in [5.41, 5.74) is 2.22. The van der Waals surface area contributed by atoms with E-state index in [4.69, 9.17) is 0 Å². The number of aromatic amines is 1. The highest BCUT2D eigenvalue weighted by Gasteiger charge is 2.23. The van der Waals surface area contributed by atoms with Crippen LogP contribution in [0.15, 0.2) is 6.20 Å². The van der Waals surface area contributed by atoms with Gasteiger partial charge in [0.05, 0.1) is 6.20 Å². The number of likely N-dealkylation sites (tertiary alicyclic amines) is 1. The number of amides is 2. The van der Waals surface area contributed by atoms with Gasteiger partial charge in [0.15, 0.2) is 0 Å². The van der Waals surface area contributed by atoms with E-state index in [2.05, 4.69) is 10.2 Å². The molecule has 2 rings (SSSR count). The van der Waals surface area contributed by atoms with Crippen molar-refractivity contribution < 1.29 is 9.59 Å².